The van der Waals surface area contributed by atoms with Crippen LogP contribution < -0.4 is 5.73 Å². The molecule has 2 atom stereocenters. The Kier molecular flexibility index (Phi) is 3.71. The maximum absolute atomic E-state index is 12.0. The van der Waals surface area contributed by atoms with Gasteiger partial charge in [0.05, 0.1) is 6.04 Å². The van der Waals surface area contributed by atoms with Gasteiger partial charge in [-0.25, -0.2) is 0 Å². The summed E-state index contributed by atoms with van der Waals surface area (Å²) in [4.78, 5) is 13.9. The molecular formula is C15H22N2O. The van der Waals surface area contributed by atoms with E-state index in [4.69, 9.17) is 5.73 Å². The molecule has 18 heavy (non-hydrogen) atoms. The molecular weight excluding hydrogens is 224 g/mol. The van der Waals surface area contributed by atoms with Crippen LogP contribution in [0.15, 0.2) is 24.3 Å². The highest BCUT2D eigenvalue weighted by molar-refractivity contribution is 5.80. The Morgan fingerprint density at radius 3 is 2.44 bits per heavy atom. The molecule has 0 aliphatic carbocycles. The van der Waals surface area contributed by atoms with Gasteiger partial charge in [-0.05, 0) is 31.4 Å². The van der Waals surface area contributed by atoms with Gasteiger partial charge in [0.2, 0.25) is 5.91 Å². The van der Waals surface area contributed by atoms with E-state index in [1.54, 1.807) is 0 Å². The summed E-state index contributed by atoms with van der Waals surface area (Å²) in [6, 6.07) is 8.61. The predicted octanol–water partition coefficient (Wildman–Crippen LogP) is 2.26. The zero-order valence-corrected chi connectivity index (χ0v) is 11.4. The molecule has 1 aromatic carbocycles. The minimum absolute atomic E-state index is 0.0309. The highest BCUT2D eigenvalue weighted by Gasteiger charge is 2.39. The lowest BCUT2D eigenvalue weighted by atomic mass is 9.98. The SMILES string of the molecule is CCc1ccc(C2C(N)CC(=O)N2C(C)C)cc1. The van der Waals surface area contributed by atoms with E-state index >= 15 is 0 Å². The van der Waals surface area contributed by atoms with Crippen molar-refractivity contribution in [1.82, 2.24) is 4.90 Å². The van der Waals surface area contributed by atoms with Gasteiger partial charge in [-0.2, -0.15) is 0 Å². The molecule has 1 aliphatic heterocycles. The van der Waals surface area contributed by atoms with Crippen LogP contribution in [0.2, 0.25) is 0 Å². The van der Waals surface area contributed by atoms with Crippen LogP contribution in [0.1, 0.15) is 44.4 Å². The standard InChI is InChI=1S/C15H22N2O/c1-4-11-5-7-12(8-6-11)15-13(16)9-14(18)17(15)10(2)3/h5-8,10,13,15H,4,9,16H2,1-3H3. The van der Waals surface area contributed by atoms with Crippen LogP contribution in [0.4, 0.5) is 0 Å². The molecule has 1 fully saturated rings. The summed E-state index contributed by atoms with van der Waals surface area (Å²) in [5.74, 6) is 0.169. The van der Waals surface area contributed by atoms with Crippen LogP contribution in [0, 0.1) is 0 Å². The fraction of sp³-hybridized carbons (Fsp3) is 0.533. The van der Waals surface area contributed by atoms with E-state index in [1.165, 1.54) is 5.56 Å². The summed E-state index contributed by atoms with van der Waals surface area (Å²) < 4.78 is 0. The van der Waals surface area contributed by atoms with E-state index in [1.807, 2.05) is 18.7 Å². The second-order valence-corrected chi connectivity index (χ2v) is 5.30. The van der Waals surface area contributed by atoms with Crippen molar-refractivity contribution in [1.29, 1.82) is 0 Å². The first-order valence-electron chi connectivity index (χ1n) is 6.70. The fourth-order valence-corrected chi connectivity index (χ4v) is 2.75. The van der Waals surface area contributed by atoms with Crippen LogP contribution in [-0.2, 0) is 11.2 Å². The lowest BCUT2D eigenvalue weighted by Gasteiger charge is -2.30. The summed E-state index contributed by atoms with van der Waals surface area (Å²) in [5, 5.41) is 0. The number of aryl methyl sites for hydroxylation is 1. The Morgan fingerprint density at radius 2 is 1.94 bits per heavy atom. The van der Waals surface area contributed by atoms with Gasteiger partial charge in [0.25, 0.3) is 0 Å². The minimum atomic E-state index is -0.0904. The third kappa shape index (κ3) is 2.27. The summed E-state index contributed by atoms with van der Waals surface area (Å²) in [7, 11) is 0. The van der Waals surface area contributed by atoms with Crippen LogP contribution in [-0.4, -0.2) is 22.9 Å². The van der Waals surface area contributed by atoms with Gasteiger partial charge in [0.15, 0.2) is 0 Å². The van der Waals surface area contributed by atoms with Crippen molar-refractivity contribution >= 4 is 5.91 Å². The molecule has 2 N–H and O–H groups in total. The molecule has 1 saturated heterocycles. The number of amides is 1. The molecule has 0 saturated carbocycles. The van der Waals surface area contributed by atoms with E-state index in [0.29, 0.717) is 6.42 Å². The first kappa shape index (κ1) is 13.1. The third-order valence-electron chi connectivity index (χ3n) is 3.69. The summed E-state index contributed by atoms with van der Waals surface area (Å²) >= 11 is 0. The van der Waals surface area contributed by atoms with E-state index in [0.717, 1.165) is 12.0 Å². The molecule has 1 heterocycles. The largest absolute Gasteiger partial charge is 0.332 e. The number of nitrogens with two attached hydrogens (primary N) is 1. The van der Waals surface area contributed by atoms with Crippen molar-refractivity contribution in [3.63, 3.8) is 0 Å². The molecule has 3 nitrogen and oxygen atoms in total. The third-order valence-corrected chi connectivity index (χ3v) is 3.69. The molecule has 2 unspecified atom stereocenters. The van der Waals surface area contributed by atoms with Crippen LogP contribution in [0.5, 0.6) is 0 Å². The normalized spacial score (nSPS) is 24.1. The number of hydrogen-bond donors (Lipinski definition) is 1. The van der Waals surface area contributed by atoms with Crippen LogP contribution in [0.3, 0.4) is 0 Å². The number of benzene rings is 1. The summed E-state index contributed by atoms with van der Waals surface area (Å²) in [6.45, 7) is 6.23. The average Bonchev–Trinajstić information content (AvgIpc) is 2.64. The maximum Gasteiger partial charge on any atom is 0.225 e. The second kappa shape index (κ2) is 5.11. The Bertz CT molecular complexity index is 425. The molecule has 1 amide bonds. The molecule has 0 spiro atoms. The highest BCUT2D eigenvalue weighted by Crippen LogP contribution is 2.33. The molecule has 98 valence electrons. The van der Waals surface area contributed by atoms with Gasteiger partial charge >= 0.3 is 0 Å². The number of rotatable bonds is 3. The van der Waals surface area contributed by atoms with Crippen molar-refractivity contribution in [2.45, 2.75) is 51.7 Å². The molecule has 2 rings (SSSR count). The fourth-order valence-electron chi connectivity index (χ4n) is 2.75. The highest BCUT2D eigenvalue weighted by atomic mass is 16.2. The quantitative estimate of drug-likeness (QED) is 0.889. The molecule has 1 aromatic rings. The molecule has 3 heteroatoms. The first-order valence-corrected chi connectivity index (χ1v) is 6.70. The summed E-state index contributed by atoms with van der Waals surface area (Å²) in [5.41, 5.74) is 8.60. The Hall–Kier alpha value is -1.35. The van der Waals surface area contributed by atoms with E-state index < -0.39 is 0 Å². The maximum atomic E-state index is 12.0. The lowest BCUT2D eigenvalue weighted by Crippen LogP contribution is -2.37. The number of likely N-dealkylation sites (tertiary alicyclic amines) is 1. The minimum Gasteiger partial charge on any atom is -0.332 e. The Balaban J connectivity index is 2.31. The van der Waals surface area contributed by atoms with Gasteiger partial charge in [0, 0.05) is 18.5 Å². The first-order chi connectivity index (χ1) is 8.54. The van der Waals surface area contributed by atoms with Gasteiger partial charge < -0.3 is 10.6 Å². The van der Waals surface area contributed by atoms with Crippen molar-refractivity contribution < 1.29 is 4.79 Å². The Labute approximate surface area is 109 Å². The summed E-state index contributed by atoms with van der Waals surface area (Å²) in [6.07, 6.45) is 1.49. The topological polar surface area (TPSA) is 46.3 Å². The second-order valence-electron chi connectivity index (χ2n) is 5.30. The van der Waals surface area contributed by atoms with Crippen molar-refractivity contribution in [3.8, 4) is 0 Å². The van der Waals surface area contributed by atoms with Crippen LogP contribution in [0.25, 0.3) is 0 Å². The average molecular weight is 246 g/mol. The molecule has 1 aliphatic rings. The van der Waals surface area contributed by atoms with Gasteiger partial charge in [-0.1, -0.05) is 31.2 Å². The van der Waals surface area contributed by atoms with E-state index in [9.17, 15) is 4.79 Å². The number of carbonyl (C=O) groups is 1. The number of nitrogens with zero attached hydrogens (tertiary/aromatic N) is 1. The smallest absolute Gasteiger partial charge is 0.225 e. The predicted molar refractivity (Wildman–Crippen MR) is 73.1 cm³/mol. The van der Waals surface area contributed by atoms with Crippen molar-refractivity contribution in [3.05, 3.63) is 35.4 Å². The molecule has 0 bridgehead atoms. The van der Waals surface area contributed by atoms with E-state index in [-0.39, 0.29) is 24.0 Å². The number of hydrogen-bond acceptors (Lipinski definition) is 2. The molecule has 0 aromatic heterocycles. The monoisotopic (exact) mass is 246 g/mol. The van der Waals surface area contributed by atoms with Gasteiger partial charge in [-0.3, -0.25) is 4.79 Å². The van der Waals surface area contributed by atoms with Crippen molar-refractivity contribution in [2.24, 2.45) is 5.73 Å². The molecule has 0 radical (unpaired) electrons. The number of carbonyl (C=O) groups excluding carboxylic acids is 1. The zero-order chi connectivity index (χ0) is 13.3. The lowest BCUT2D eigenvalue weighted by molar-refractivity contribution is -0.130. The zero-order valence-electron chi connectivity index (χ0n) is 11.4. The van der Waals surface area contributed by atoms with Crippen molar-refractivity contribution in [2.75, 3.05) is 0 Å². The van der Waals surface area contributed by atoms with Gasteiger partial charge in [0.1, 0.15) is 0 Å². The van der Waals surface area contributed by atoms with E-state index in [2.05, 4.69) is 31.2 Å². The van der Waals surface area contributed by atoms with Gasteiger partial charge in [-0.15, -0.1) is 0 Å². The van der Waals surface area contributed by atoms with Crippen LogP contribution >= 0.6 is 0 Å². The Morgan fingerprint density at radius 1 is 1.33 bits per heavy atom.